The summed E-state index contributed by atoms with van der Waals surface area (Å²) in [5.74, 6) is 0.226. The third-order valence-electron chi connectivity index (χ3n) is 3.10. The molecule has 1 aliphatic heterocycles. The van der Waals surface area contributed by atoms with E-state index >= 15 is 0 Å². The highest BCUT2D eigenvalue weighted by Crippen LogP contribution is 2.18. The molecule has 0 aromatic carbocycles. The van der Waals surface area contributed by atoms with Crippen LogP contribution in [0.1, 0.15) is 18.4 Å². The molecule has 1 saturated heterocycles. The predicted octanol–water partition coefficient (Wildman–Crippen LogP) is 2.00. The summed E-state index contributed by atoms with van der Waals surface area (Å²) in [5, 5.41) is 0. The Morgan fingerprint density at radius 3 is 3.06 bits per heavy atom. The van der Waals surface area contributed by atoms with Gasteiger partial charge in [0, 0.05) is 11.6 Å². The number of aryl methyl sites for hydroxylation is 1. The summed E-state index contributed by atoms with van der Waals surface area (Å²) < 4.78 is 18.6. The van der Waals surface area contributed by atoms with Crippen LogP contribution in [0.2, 0.25) is 0 Å². The van der Waals surface area contributed by atoms with Crippen molar-refractivity contribution in [3.05, 3.63) is 23.8 Å². The molecular formula is C12H17FN2O. The largest absolute Gasteiger partial charge is 0.490 e. The van der Waals surface area contributed by atoms with Crippen LogP contribution >= 0.6 is 0 Å². The lowest BCUT2D eigenvalue weighted by Crippen LogP contribution is -2.30. The van der Waals surface area contributed by atoms with Crippen molar-refractivity contribution in [2.45, 2.75) is 25.8 Å². The van der Waals surface area contributed by atoms with E-state index in [1.165, 1.54) is 19.0 Å². The first-order valence-corrected chi connectivity index (χ1v) is 5.62. The minimum absolute atomic E-state index is 0.426. The highest BCUT2D eigenvalue weighted by Gasteiger charge is 2.21. The number of hydrogen-bond acceptors (Lipinski definition) is 3. The second-order valence-electron chi connectivity index (χ2n) is 4.37. The van der Waals surface area contributed by atoms with Gasteiger partial charge in [-0.2, -0.15) is 4.39 Å². The summed E-state index contributed by atoms with van der Waals surface area (Å²) in [7, 11) is 2.11. The zero-order valence-corrected chi connectivity index (χ0v) is 9.74. The van der Waals surface area contributed by atoms with Gasteiger partial charge in [-0.25, -0.2) is 4.98 Å². The lowest BCUT2D eigenvalue weighted by atomic mass is 10.2. The number of aromatic nitrogens is 1. The van der Waals surface area contributed by atoms with Gasteiger partial charge in [-0.1, -0.05) is 0 Å². The summed E-state index contributed by atoms with van der Waals surface area (Å²) in [6, 6.07) is 2.17. The molecule has 0 N–H and O–H groups in total. The summed E-state index contributed by atoms with van der Waals surface area (Å²) in [5.41, 5.74) is 0.525. The fraction of sp³-hybridized carbons (Fsp3) is 0.583. The van der Waals surface area contributed by atoms with Gasteiger partial charge in [0.25, 0.3) is 0 Å². The molecule has 0 saturated carbocycles. The molecule has 3 nitrogen and oxygen atoms in total. The predicted molar refractivity (Wildman–Crippen MR) is 60.1 cm³/mol. The molecule has 1 aromatic rings. The van der Waals surface area contributed by atoms with E-state index in [1.807, 2.05) is 0 Å². The van der Waals surface area contributed by atoms with E-state index in [0.29, 0.717) is 24.0 Å². The summed E-state index contributed by atoms with van der Waals surface area (Å²) in [6.45, 7) is 3.48. The van der Waals surface area contributed by atoms with Crippen LogP contribution in [0.15, 0.2) is 12.3 Å². The van der Waals surface area contributed by atoms with Gasteiger partial charge in [0.05, 0.1) is 6.20 Å². The Bertz CT molecular complexity index is 370. The third-order valence-corrected chi connectivity index (χ3v) is 3.10. The van der Waals surface area contributed by atoms with E-state index in [4.69, 9.17) is 4.74 Å². The summed E-state index contributed by atoms with van der Waals surface area (Å²) in [4.78, 5) is 5.93. The summed E-state index contributed by atoms with van der Waals surface area (Å²) >= 11 is 0. The highest BCUT2D eigenvalue weighted by atomic mass is 19.1. The van der Waals surface area contributed by atoms with Crippen molar-refractivity contribution >= 4 is 0 Å². The average Bonchev–Trinajstić information content (AvgIpc) is 2.66. The average molecular weight is 224 g/mol. The van der Waals surface area contributed by atoms with Crippen molar-refractivity contribution in [2.75, 3.05) is 20.2 Å². The first-order valence-electron chi connectivity index (χ1n) is 5.62. The number of likely N-dealkylation sites (tertiary alicyclic amines) is 1. The molecule has 0 spiro atoms. The molecule has 0 unspecified atom stereocenters. The van der Waals surface area contributed by atoms with Gasteiger partial charge in [0.15, 0.2) is 0 Å². The minimum Gasteiger partial charge on any atom is -0.490 e. The number of hydrogen-bond donors (Lipinski definition) is 0. The van der Waals surface area contributed by atoms with E-state index in [1.54, 1.807) is 13.0 Å². The van der Waals surface area contributed by atoms with E-state index < -0.39 is 5.95 Å². The van der Waals surface area contributed by atoms with Crippen LogP contribution in [0, 0.1) is 12.9 Å². The second-order valence-corrected chi connectivity index (χ2v) is 4.37. The maximum absolute atomic E-state index is 12.9. The zero-order valence-electron chi connectivity index (χ0n) is 9.74. The lowest BCUT2D eigenvalue weighted by Gasteiger charge is -2.19. The number of rotatable bonds is 3. The summed E-state index contributed by atoms with van der Waals surface area (Å²) in [6.07, 6.45) is 3.84. The molecule has 1 fully saturated rings. The first-order chi connectivity index (χ1) is 7.66. The van der Waals surface area contributed by atoms with Gasteiger partial charge in [0.1, 0.15) is 12.4 Å². The molecule has 0 radical (unpaired) electrons. The van der Waals surface area contributed by atoms with Crippen LogP contribution in [0.4, 0.5) is 4.39 Å². The molecule has 88 valence electrons. The maximum atomic E-state index is 12.9. The van der Waals surface area contributed by atoms with Crippen LogP contribution in [0.3, 0.4) is 0 Å². The van der Waals surface area contributed by atoms with Gasteiger partial charge in [-0.05, 0) is 39.4 Å². The van der Waals surface area contributed by atoms with E-state index in [9.17, 15) is 4.39 Å². The molecular weight excluding hydrogens is 207 g/mol. The molecule has 16 heavy (non-hydrogen) atoms. The Kier molecular flexibility index (Phi) is 3.39. The highest BCUT2D eigenvalue weighted by molar-refractivity contribution is 5.23. The minimum atomic E-state index is -0.426. The molecule has 0 amide bonds. The number of nitrogens with zero attached hydrogens (tertiary/aromatic N) is 2. The Morgan fingerprint density at radius 2 is 2.44 bits per heavy atom. The lowest BCUT2D eigenvalue weighted by molar-refractivity contribution is 0.197. The van der Waals surface area contributed by atoms with E-state index in [2.05, 4.69) is 16.9 Å². The molecule has 2 heterocycles. The smallest absolute Gasteiger partial charge is 0.215 e. The molecule has 1 aromatic heterocycles. The van der Waals surface area contributed by atoms with Crippen LogP contribution in [0.5, 0.6) is 5.75 Å². The fourth-order valence-electron chi connectivity index (χ4n) is 1.99. The Balaban J connectivity index is 1.91. The molecule has 1 aliphatic rings. The maximum Gasteiger partial charge on any atom is 0.215 e. The SMILES string of the molecule is Cc1cc(OC[C@H]2CCCN2C)cnc1F. The van der Waals surface area contributed by atoms with Crippen molar-refractivity contribution in [3.8, 4) is 5.75 Å². The van der Waals surface area contributed by atoms with Crippen LogP contribution < -0.4 is 4.74 Å². The van der Waals surface area contributed by atoms with Crippen molar-refractivity contribution in [1.29, 1.82) is 0 Å². The third kappa shape index (κ3) is 2.50. The van der Waals surface area contributed by atoms with Crippen molar-refractivity contribution in [2.24, 2.45) is 0 Å². The van der Waals surface area contributed by atoms with Gasteiger partial charge in [-0.3, -0.25) is 0 Å². The Labute approximate surface area is 95.2 Å². The quantitative estimate of drug-likeness (QED) is 0.734. The van der Waals surface area contributed by atoms with Crippen molar-refractivity contribution in [1.82, 2.24) is 9.88 Å². The topological polar surface area (TPSA) is 25.4 Å². The normalized spacial score (nSPS) is 21.3. The number of pyridine rings is 1. The van der Waals surface area contributed by atoms with Crippen LogP contribution in [-0.2, 0) is 0 Å². The Hall–Kier alpha value is -1.16. The second kappa shape index (κ2) is 4.78. The zero-order chi connectivity index (χ0) is 11.5. The van der Waals surface area contributed by atoms with E-state index in [-0.39, 0.29) is 0 Å². The van der Waals surface area contributed by atoms with Gasteiger partial charge in [0.2, 0.25) is 5.95 Å². The van der Waals surface area contributed by atoms with E-state index in [0.717, 1.165) is 6.54 Å². The molecule has 4 heteroatoms. The standard InChI is InChI=1S/C12H17FN2O/c1-9-6-11(7-14-12(9)13)16-8-10-4-3-5-15(10)2/h6-7,10H,3-5,8H2,1-2H3/t10-/m1/s1. The Morgan fingerprint density at radius 1 is 1.62 bits per heavy atom. The van der Waals surface area contributed by atoms with Gasteiger partial charge >= 0.3 is 0 Å². The van der Waals surface area contributed by atoms with Crippen LogP contribution in [-0.4, -0.2) is 36.1 Å². The van der Waals surface area contributed by atoms with Crippen LogP contribution in [0.25, 0.3) is 0 Å². The monoisotopic (exact) mass is 224 g/mol. The first kappa shape index (κ1) is 11.3. The van der Waals surface area contributed by atoms with Gasteiger partial charge < -0.3 is 9.64 Å². The molecule has 2 rings (SSSR count). The van der Waals surface area contributed by atoms with Gasteiger partial charge in [-0.15, -0.1) is 0 Å². The van der Waals surface area contributed by atoms with Crippen molar-refractivity contribution in [3.63, 3.8) is 0 Å². The molecule has 1 atom stereocenters. The fourth-order valence-corrected chi connectivity index (χ4v) is 1.99. The number of ether oxygens (including phenoxy) is 1. The van der Waals surface area contributed by atoms with Crippen molar-refractivity contribution < 1.29 is 9.13 Å². The molecule has 0 aliphatic carbocycles. The number of halogens is 1. The molecule has 0 bridgehead atoms. The number of likely N-dealkylation sites (N-methyl/N-ethyl adjacent to an activating group) is 1.